The van der Waals surface area contributed by atoms with Gasteiger partial charge >= 0.3 is 0 Å². The maximum absolute atomic E-state index is 9.09. The molecule has 0 fully saturated rings. The van der Waals surface area contributed by atoms with Crippen LogP contribution in [0.5, 0.6) is 0 Å². The molecule has 0 bridgehead atoms. The van der Waals surface area contributed by atoms with E-state index in [-0.39, 0.29) is 12.6 Å². The molecule has 0 radical (unpaired) electrons. The average Bonchev–Trinajstić information content (AvgIpc) is 2.90. The second kappa shape index (κ2) is 6.38. The predicted molar refractivity (Wildman–Crippen MR) is 72.1 cm³/mol. The number of rotatable bonds is 6. The van der Waals surface area contributed by atoms with Gasteiger partial charge in [0.2, 0.25) is 0 Å². The Kier molecular flexibility index (Phi) is 4.56. The minimum absolute atomic E-state index is 0.135. The molecular weight excluding hydrogens is 226 g/mol. The lowest BCUT2D eigenvalue weighted by atomic mass is 10.2. The highest BCUT2D eigenvalue weighted by molar-refractivity contribution is 5.57. The maximum Gasteiger partial charge on any atom is 0.134 e. The van der Waals surface area contributed by atoms with E-state index in [1.165, 1.54) is 0 Å². The van der Waals surface area contributed by atoms with Gasteiger partial charge in [-0.3, -0.25) is 0 Å². The first-order chi connectivity index (χ1) is 8.83. The summed E-state index contributed by atoms with van der Waals surface area (Å²) in [5.41, 5.74) is 1.08. The smallest absolute Gasteiger partial charge is 0.134 e. The summed E-state index contributed by atoms with van der Waals surface area (Å²) in [5, 5.41) is 12.4. The van der Waals surface area contributed by atoms with Gasteiger partial charge in [0.1, 0.15) is 11.5 Å². The molecule has 0 aliphatic carbocycles. The highest BCUT2D eigenvalue weighted by atomic mass is 16.3. The second-order valence-corrected chi connectivity index (χ2v) is 4.30. The van der Waals surface area contributed by atoms with Crippen molar-refractivity contribution in [2.45, 2.75) is 25.9 Å². The number of benzene rings is 1. The Morgan fingerprint density at radius 3 is 2.61 bits per heavy atom. The molecule has 0 unspecified atom stereocenters. The number of aliphatic hydroxyl groups excluding tert-OH is 1. The van der Waals surface area contributed by atoms with Crippen LogP contribution < -0.4 is 5.32 Å². The van der Waals surface area contributed by atoms with Crippen molar-refractivity contribution in [2.24, 2.45) is 0 Å². The van der Waals surface area contributed by atoms with Crippen molar-refractivity contribution in [1.82, 2.24) is 5.32 Å². The molecule has 0 amide bonds. The van der Waals surface area contributed by atoms with E-state index in [2.05, 4.69) is 5.32 Å². The standard InChI is InChI=1S/C15H19NO2/c1-2-13(11-17)16-10-14-8-9-15(18-14)12-6-4-3-5-7-12/h3-9,13,16-17H,2,10-11H2,1H3/t13-/m1/s1. The highest BCUT2D eigenvalue weighted by Crippen LogP contribution is 2.21. The summed E-state index contributed by atoms with van der Waals surface area (Å²) in [6.45, 7) is 2.85. The zero-order valence-corrected chi connectivity index (χ0v) is 10.6. The summed E-state index contributed by atoms with van der Waals surface area (Å²) < 4.78 is 5.76. The molecule has 0 saturated heterocycles. The molecule has 0 saturated carbocycles. The Bertz CT molecular complexity index is 460. The van der Waals surface area contributed by atoms with Crippen molar-refractivity contribution in [1.29, 1.82) is 0 Å². The lowest BCUT2D eigenvalue weighted by Crippen LogP contribution is -2.30. The normalized spacial score (nSPS) is 12.6. The first kappa shape index (κ1) is 12.9. The van der Waals surface area contributed by atoms with Crippen molar-refractivity contribution in [3.63, 3.8) is 0 Å². The van der Waals surface area contributed by atoms with Crippen LogP contribution in [0.15, 0.2) is 46.9 Å². The van der Waals surface area contributed by atoms with Crippen molar-refractivity contribution in [3.05, 3.63) is 48.2 Å². The van der Waals surface area contributed by atoms with Gasteiger partial charge in [-0.1, -0.05) is 37.3 Å². The first-order valence-corrected chi connectivity index (χ1v) is 6.32. The van der Waals surface area contributed by atoms with E-state index in [9.17, 15) is 0 Å². The van der Waals surface area contributed by atoms with Gasteiger partial charge in [-0.2, -0.15) is 0 Å². The summed E-state index contributed by atoms with van der Waals surface area (Å²) in [7, 11) is 0. The molecule has 96 valence electrons. The fourth-order valence-corrected chi connectivity index (χ4v) is 1.81. The third kappa shape index (κ3) is 3.22. The van der Waals surface area contributed by atoms with Crippen LogP contribution in [0.2, 0.25) is 0 Å². The van der Waals surface area contributed by atoms with Gasteiger partial charge in [0.05, 0.1) is 13.2 Å². The zero-order valence-electron chi connectivity index (χ0n) is 10.6. The lowest BCUT2D eigenvalue weighted by molar-refractivity contribution is 0.235. The lowest BCUT2D eigenvalue weighted by Gasteiger charge is -2.12. The SMILES string of the molecule is CC[C@H](CO)NCc1ccc(-c2ccccc2)o1. The second-order valence-electron chi connectivity index (χ2n) is 4.30. The largest absolute Gasteiger partial charge is 0.460 e. The van der Waals surface area contributed by atoms with E-state index in [1.807, 2.05) is 49.4 Å². The fourth-order valence-electron chi connectivity index (χ4n) is 1.81. The number of aliphatic hydroxyl groups is 1. The molecule has 1 aromatic heterocycles. The van der Waals surface area contributed by atoms with Crippen molar-refractivity contribution in [2.75, 3.05) is 6.61 Å². The van der Waals surface area contributed by atoms with Crippen LogP contribution in [-0.4, -0.2) is 17.8 Å². The van der Waals surface area contributed by atoms with Crippen molar-refractivity contribution < 1.29 is 9.52 Å². The van der Waals surface area contributed by atoms with Crippen LogP contribution in [0.3, 0.4) is 0 Å². The zero-order chi connectivity index (χ0) is 12.8. The molecule has 3 heteroatoms. The van der Waals surface area contributed by atoms with Crippen LogP contribution in [0.1, 0.15) is 19.1 Å². The molecule has 0 aliphatic rings. The van der Waals surface area contributed by atoms with Crippen LogP contribution in [0.4, 0.5) is 0 Å². The van der Waals surface area contributed by atoms with Crippen LogP contribution in [0.25, 0.3) is 11.3 Å². The Balaban J connectivity index is 1.98. The molecule has 2 N–H and O–H groups in total. The van der Waals surface area contributed by atoms with E-state index in [0.29, 0.717) is 6.54 Å². The highest BCUT2D eigenvalue weighted by Gasteiger charge is 2.07. The van der Waals surface area contributed by atoms with Crippen molar-refractivity contribution >= 4 is 0 Å². The van der Waals surface area contributed by atoms with Crippen LogP contribution >= 0.6 is 0 Å². The molecule has 18 heavy (non-hydrogen) atoms. The third-order valence-corrected chi connectivity index (χ3v) is 3.00. The van der Waals surface area contributed by atoms with Gasteiger partial charge in [0, 0.05) is 11.6 Å². The molecule has 3 nitrogen and oxygen atoms in total. The molecule has 2 rings (SSSR count). The first-order valence-electron chi connectivity index (χ1n) is 6.32. The number of hydrogen-bond acceptors (Lipinski definition) is 3. The predicted octanol–water partition coefficient (Wildman–Crippen LogP) is 2.81. The monoisotopic (exact) mass is 245 g/mol. The average molecular weight is 245 g/mol. The summed E-state index contributed by atoms with van der Waals surface area (Å²) in [4.78, 5) is 0. The van der Waals surface area contributed by atoms with Gasteiger partial charge in [0.25, 0.3) is 0 Å². The van der Waals surface area contributed by atoms with Gasteiger partial charge in [-0.15, -0.1) is 0 Å². The maximum atomic E-state index is 9.09. The molecule has 1 aromatic carbocycles. The van der Waals surface area contributed by atoms with E-state index in [0.717, 1.165) is 23.5 Å². The number of nitrogens with one attached hydrogen (secondary N) is 1. The van der Waals surface area contributed by atoms with Crippen LogP contribution in [0, 0.1) is 0 Å². The topological polar surface area (TPSA) is 45.4 Å². The molecule has 1 heterocycles. The summed E-state index contributed by atoms with van der Waals surface area (Å²) >= 11 is 0. The Hall–Kier alpha value is -1.58. The minimum atomic E-state index is 0.135. The van der Waals surface area contributed by atoms with E-state index < -0.39 is 0 Å². The molecule has 2 aromatic rings. The van der Waals surface area contributed by atoms with Gasteiger partial charge in [-0.25, -0.2) is 0 Å². The van der Waals surface area contributed by atoms with Gasteiger partial charge in [0.15, 0.2) is 0 Å². The Morgan fingerprint density at radius 2 is 1.94 bits per heavy atom. The van der Waals surface area contributed by atoms with E-state index in [1.54, 1.807) is 0 Å². The Morgan fingerprint density at radius 1 is 1.17 bits per heavy atom. The van der Waals surface area contributed by atoms with Crippen molar-refractivity contribution in [3.8, 4) is 11.3 Å². The molecule has 0 aliphatic heterocycles. The van der Waals surface area contributed by atoms with Crippen LogP contribution in [-0.2, 0) is 6.54 Å². The number of hydrogen-bond donors (Lipinski definition) is 2. The summed E-state index contributed by atoms with van der Waals surface area (Å²) in [5.74, 6) is 1.77. The number of furan rings is 1. The van der Waals surface area contributed by atoms with Gasteiger partial charge in [-0.05, 0) is 18.6 Å². The third-order valence-electron chi connectivity index (χ3n) is 3.00. The minimum Gasteiger partial charge on any atom is -0.460 e. The summed E-state index contributed by atoms with van der Waals surface area (Å²) in [6, 6.07) is 14.1. The molecular formula is C15H19NO2. The summed E-state index contributed by atoms with van der Waals surface area (Å²) in [6.07, 6.45) is 0.906. The quantitative estimate of drug-likeness (QED) is 0.822. The van der Waals surface area contributed by atoms with Gasteiger partial charge < -0.3 is 14.8 Å². The van der Waals surface area contributed by atoms with E-state index in [4.69, 9.17) is 9.52 Å². The Labute approximate surface area is 107 Å². The molecule has 1 atom stereocenters. The fraction of sp³-hybridized carbons (Fsp3) is 0.333. The van der Waals surface area contributed by atoms with E-state index >= 15 is 0 Å². The molecule has 0 spiro atoms.